The molecule has 1 rings (SSSR count). The van der Waals surface area contributed by atoms with Crippen LogP contribution in [-0.4, -0.2) is 46.7 Å². The van der Waals surface area contributed by atoms with Gasteiger partial charge in [-0.1, -0.05) is 15.9 Å². The second-order valence-corrected chi connectivity index (χ2v) is 10.1. The molecule has 1 aromatic carbocycles. The summed E-state index contributed by atoms with van der Waals surface area (Å²) in [6.45, 7) is -0.0797. The van der Waals surface area contributed by atoms with Crippen LogP contribution >= 0.6 is 31.9 Å². The quantitative estimate of drug-likeness (QED) is 0.709. The van der Waals surface area contributed by atoms with Crippen LogP contribution in [0.1, 0.15) is 0 Å². The first-order valence-electron chi connectivity index (χ1n) is 5.13. The van der Waals surface area contributed by atoms with Crippen molar-refractivity contribution in [2.45, 2.75) is 4.90 Å². The van der Waals surface area contributed by atoms with E-state index in [1.54, 1.807) is 12.1 Å². The Morgan fingerprint density at radius 2 is 1.74 bits per heavy atom. The zero-order chi connectivity index (χ0) is 14.8. The lowest BCUT2D eigenvalue weighted by atomic mass is 10.4. The van der Waals surface area contributed by atoms with E-state index in [-0.39, 0.29) is 17.2 Å². The second kappa shape index (κ2) is 6.21. The maximum Gasteiger partial charge on any atom is 0.243 e. The van der Waals surface area contributed by atoms with Crippen molar-refractivity contribution < 1.29 is 16.8 Å². The molecular weight excluding hydrogens is 422 g/mol. The van der Waals surface area contributed by atoms with Crippen LogP contribution in [0.2, 0.25) is 0 Å². The molecule has 0 atom stereocenters. The van der Waals surface area contributed by atoms with E-state index in [1.165, 1.54) is 13.1 Å². The Balaban J connectivity index is 3.03. The predicted octanol–water partition coefficient (Wildman–Crippen LogP) is 1.88. The van der Waals surface area contributed by atoms with Crippen molar-refractivity contribution in [3.05, 3.63) is 27.1 Å². The van der Waals surface area contributed by atoms with Gasteiger partial charge in [-0.15, -0.1) is 0 Å². The lowest BCUT2D eigenvalue weighted by Crippen LogP contribution is -2.31. The van der Waals surface area contributed by atoms with Crippen LogP contribution in [-0.2, 0) is 19.9 Å². The van der Waals surface area contributed by atoms with Crippen LogP contribution < -0.4 is 0 Å². The number of halogens is 2. The van der Waals surface area contributed by atoms with Gasteiger partial charge in [0.1, 0.15) is 9.84 Å². The minimum atomic E-state index is -3.71. The van der Waals surface area contributed by atoms with Gasteiger partial charge in [-0.25, -0.2) is 16.8 Å². The number of rotatable bonds is 5. The van der Waals surface area contributed by atoms with E-state index < -0.39 is 19.9 Å². The van der Waals surface area contributed by atoms with E-state index in [9.17, 15) is 16.8 Å². The van der Waals surface area contributed by atoms with Crippen LogP contribution in [0.3, 0.4) is 0 Å². The van der Waals surface area contributed by atoms with Gasteiger partial charge in [0.15, 0.2) is 0 Å². The molecule has 0 bridgehead atoms. The highest BCUT2D eigenvalue weighted by Gasteiger charge is 2.24. The van der Waals surface area contributed by atoms with E-state index >= 15 is 0 Å². The molecule has 19 heavy (non-hydrogen) atoms. The van der Waals surface area contributed by atoms with Gasteiger partial charge >= 0.3 is 0 Å². The summed E-state index contributed by atoms with van der Waals surface area (Å²) in [4.78, 5) is 0.103. The molecule has 0 aliphatic rings. The Bertz CT molecular complexity index is 671. The fourth-order valence-electron chi connectivity index (χ4n) is 1.27. The summed E-state index contributed by atoms with van der Waals surface area (Å²) in [6.07, 6.45) is 1.07. The predicted molar refractivity (Wildman–Crippen MR) is 81.4 cm³/mol. The Morgan fingerprint density at radius 1 is 1.16 bits per heavy atom. The Kier molecular flexibility index (Phi) is 5.59. The van der Waals surface area contributed by atoms with Crippen molar-refractivity contribution in [2.75, 3.05) is 25.6 Å². The summed E-state index contributed by atoms with van der Waals surface area (Å²) in [5.74, 6) is -0.211. The minimum absolute atomic E-state index is 0.0797. The zero-order valence-corrected chi connectivity index (χ0v) is 15.1. The van der Waals surface area contributed by atoms with Crippen molar-refractivity contribution in [2.24, 2.45) is 0 Å². The third kappa shape index (κ3) is 4.82. The molecule has 0 amide bonds. The largest absolute Gasteiger partial charge is 0.243 e. The smallest absolute Gasteiger partial charge is 0.229 e. The first-order valence-corrected chi connectivity index (χ1v) is 10.2. The molecule has 0 unspecified atom stereocenters. The van der Waals surface area contributed by atoms with Crippen LogP contribution in [0.4, 0.5) is 0 Å². The van der Waals surface area contributed by atoms with Gasteiger partial charge in [0, 0.05) is 28.8 Å². The summed E-state index contributed by atoms with van der Waals surface area (Å²) in [5, 5.41) is 0. The fourth-order valence-corrected chi connectivity index (χ4v) is 4.86. The number of sulfone groups is 1. The molecule has 0 spiro atoms. The molecule has 0 radical (unpaired) electrons. The van der Waals surface area contributed by atoms with Crippen molar-refractivity contribution in [3.8, 4) is 0 Å². The van der Waals surface area contributed by atoms with Gasteiger partial charge < -0.3 is 0 Å². The molecule has 0 N–H and O–H groups in total. The molecule has 0 aliphatic carbocycles. The molecule has 0 aromatic heterocycles. The van der Waals surface area contributed by atoms with Gasteiger partial charge in [-0.3, -0.25) is 0 Å². The maximum absolute atomic E-state index is 12.3. The van der Waals surface area contributed by atoms with Gasteiger partial charge in [0.25, 0.3) is 0 Å². The zero-order valence-electron chi connectivity index (χ0n) is 10.3. The molecule has 5 nitrogen and oxygen atoms in total. The van der Waals surface area contributed by atoms with Crippen LogP contribution in [0, 0.1) is 0 Å². The molecule has 0 saturated heterocycles. The minimum Gasteiger partial charge on any atom is -0.229 e. The monoisotopic (exact) mass is 433 g/mol. The lowest BCUT2D eigenvalue weighted by molar-refractivity contribution is 0.484. The number of sulfonamides is 1. The summed E-state index contributed by atoms with van der Waals surface area (Å²) < 4.78 is 48.9. The van der Waals surface area contributed by atoms with E-state index in [1.807, 2.05) is 0 Å². The Morgan fingerprint density at radius 3 is 2.21 bits per heavy atom. The summed E-state index contributed by atoms with van der Waals surface area (Å²) >= 11 is 6.43. The maximum atomic E-state index is 12.3. The summed E-state index contributed by atoms with van der Waals surface area (Å²) in [5.41, 5.74) is 0. The molecule has 108 valence electrons. The topological polar surface area (TPSA) is 71.5 Å². The van der Waals surface area contributed by atoms with Gasteiger partial charge in [-0.05, 0) is 34.1 Å². The third-order valence-corrected chi connectivity index (χ3v) is 6.61. The van der Waals surface area contributed by atoms with E-state index in [0.29, 0.717) is 4.47 Å². The third-order valence-electron chi connectivity index (χ3n) is 2.36. The molecule has 0 fully saturated rings. The van der Waals surface area contributed by atoms with Gasteiger partial charge in [0.2, 0.25) is 10.0 Å². The molecule has 0 aliphatic heterocycles. The number of hydrogen-bond donors (Lipinski definition) is 0. The fraction of sp³-hybridized carbons (Fsp3) is 0.400. The molecule has 0 saturated carbocycles. The number of benzene rings is 1. The molecular formula is C10H13Br2NO4S2. The second-order valence-electron chi connectivity index (χ2n) is 4.03. The normalized spacial score (nSPS) is 12.9. The van der Waals surface area contributed by atoms with Gasteiger partial charge in [-0.2, -0.15) is 4.31 Å². The standard InChI is InChI=1S/C10H13Br2NO4S2/c1-13(5-6-18(2,14)15)19(16,17)10-4-3-8(11)7-9(10)12/h3-4,7H,5-6H2,1-2H3. The van der Waals surface area contributed by atoms with Crippen molar-refractivity contribution in [1.82, 2.24) is 4.31 Å². The Hall–Kier alpha value is 0.0400. The lowest BCUT2D eigenvalue weighted by Gasteiger charge is -2.17. The van der Waals surface area contributed by atoms with Gasteiger partial charge in [0.05, 0.1) is 10.6 Å². The van der Waals surface area contributed by atoms with Crippen LogP contribution in [0.25, 0.3) is 0 Å². The van der Waals surface area contributed by atoms with Crippen LogP contribution in [0.5, 0.6) is 0 Å². The SMILES string of the molecule is CN(CCS(C)(=O)=O)S(=O)(=O)c1ccc(Br)cc1Br. The number of nitrogens with zero attached hydrogens (tertiary/aromatic N) is 1. The van der Waals surface area contributed by atoms with E-state index in [2.05, 4.69) is 31.9 Å². The first kappa shape index (κ1) is 17.1. The van der Waals surface area contributed by atoms with Crippen LogP contribution in [0.15, 0.2) is 32.0 Å². The Labute approximate surface area is 130 Å². The van der Waals surface area contributed by atoms with Crippen molar-refractivity contribution in [3.63, 3.8) is 0 Å². The molecule has 9 heteroatoms. The molecule has 1 aromatic rings. The first-order chi connectivity index (χ1) is 8.54. The highest BCUT2D eigenvalue weighted by atomic mass is 79.9. The summed E-state index contributed by atoms with van der Waals surface area (Å²) in [6, 6.07) is 4.69. The van der Waals surface area contributed by atoms with E-state index in [0.717, 1.165) is 15.0 Å². The average Bonchev–Trinajstić information content (AvgIpc) is 2.24. The number of hydrogen-bond acceptors (Lipinski definition) is 4. The van der Waals surface area contributed by atoms with Crippen molar-refractivity contribution >= 4 is 51.7 Å². The highest BCUT2D eigenvalue weighted by molar-refractivity contribution is 9.11. The highest BCUT2D eigenvalue weighted by Crippen LogP contribution is 2.27. The van der Waals surface area contributed by atoms with Crippen molar-refractivity contribution in [1.29, 1.82) is 0 Å². The summed E-state index contributed by atoms with van der Waals surface area (Å²) in [7, 11) is -5.56. The molecule has 0 heterocycles. The van der Waals surface area contributed by atoms with E-state index in [4.69, 9.17) is 0 Å². The average molecular weight is 435 g/mol.